The van der Waals surface area contributed by atoms with Gasteiger partial charge < -0.3 is 20.0 Å². The van der Waals surface area contributed by atoms with E-state index in [1.807, 2.05) is 13.0 Å². The van der Waals surface area contributed by atoms with E-state index >= 15 is 0 Å². The first-order valence-electron chi connectivity index (χ1n) is 12.1. The van der Waals surface area contributed by atoms with Crippen molar-refractivity contribution >= 4 is 17.8 Å². The van der Waals surface area contributed by atoms with Crippen molar-refractivity contribution in [2.45, 2.75) is 63.5 Å². The first-order valence-corrected chi connectivity index (χ1v) is 12.1. The van der Waals surface area contributed by atoms with Crippen molar-refractivity contribution in [2.24, 2.45) is 0 Å². The Morgan fingerprint density at radius 3 is 2.05 bits per heavy atom. The second kappa shape index (κ2) is 14.4. The number of aryl methyl sites for hydroxylation is 1. The van der Waals surface area contributed by atoms with Gasteiger partial charge in [-0.1, -0.05) is 6.07 Å². The number of rotatable bonds is 5. The number of amides is 1. The molecule has 0 bridgehead atoms. The van der Waals surface area contributed by atoms with Crippen LogP contribution in [0, 0.1) is 6.92 Å². The molecule has 15 heteroatoms. The zero-order valence-electron chi connectivity index (χ0n) is 22.0. The van der Waals surface area contributed by atoms with Gasteiger partial charge in [0.25, 0.3) is 0 Å². The number of aliphatic carboxylic acids is 2. The standard InChI is InChI=1S/C20H32N4O.2C2HF3O2/c1-17-6-4-7-18(21-17)16-23-12-5-9-20(11-13-23)10-8-19(25)24(20)15-14-22(2)3;2*3-2(4,5)1(6)7/h4,6-7H,5,8-16H2,1-3H3;2*(H,6,7). The van der Waals surface area contributed by atoms with Crippen LogP contribution < -0.4 is 0 Å². The molecule has 2 aliphatic rings. The second-order valence-corrected chi connectivity index (χ2v) is 9.58. The molecule has 1 aromatic rings. The van der Waals surface area contributed by atoms with E-state index < -0.39 is 24.3 Å². The summed E-state index contributed by atoms with van der Waals surface area (Å²) in [6, 6.07) is 6.26. The third kappa shape index (κ3) is 11.8. The largest absolute Gasteiger partial charge is 0.490 e. The maximum atomic E-state index is 12.5. The molecule has 222 valence electrons. The van der Waals surface area contributed by atoms with E-state index in [9.17, 15) is 31.1 Å². The summed E-state index contributed by atoms with van der Waals surface area (Å²) in [6.45, 7) is 6.95. The molecule has 2 aliphatic heterocycles. The van der Waals surface area contributed by atoms with Gasteiger partial charge in [-0.05, 0) is 65.4 Å². The lowest BCUT2D eigenvalue weighted by atomic mass is 9.87. The molecule has 2 fully saturated rings. The van der Waals surface area contributed by atoms with Crippen LogP contribution in [0.3, 0.4) is 0 Å². The molecule has 1 atom stereocenters. The van der Waals surface area contributed by atoms with Crippen LogP contribution in [-0.2, 0) is 20.9 Å². The van der Waals surface area contributed by atoms with Crippen LogP contribution in [0.25, 0.3) is 0 Å². The van der Waals surface area contributed by atoms with Crippen LogP contribution >= 0.6 is 0 Å². The number of carboxylic acid groups (broad SMARTS) is 2. The molecule has 1 unspecified atom stereocenters. The van der Waals surface area contributed by atoms with E-state index in [0.29, 0.717) is 5.91 Å². The van der Waals surface area contributed by atoms with Crippen molar-refractivity contribution < 1.29 is 50.9 Å². The van der Waals surface area contributed by atoms with Crippen molar-refractivity contribution in [3.63, 3.8) is 0 Å². The first-order chi connectivity index (χ1) is 17.9. The lowest BCUT2D eigenvalue weighted by Crippen LogP contribution is -2.48. The Bertz CT molecular complexity index is 949. The van der Waals surface area contributed by atoms with Crippen molar-refractivity contribution in [1.29, 1.82) is 0 Å². The Balaban J connectivity index is 0.000000449. The van der Waals surface area contributed by atoms with Gasteiger partial charge >= 0.3 is 24.3 Å². The summed E-state index contributed by atoms with van der Waals surface area (Å²) in [5.74, 6) is -5.16. The fourth-order valence-electron chi connectivity index (χ4n) is 4.37. The maximum Gasteiger partial charge on any atom is 0.490 e. The molecule has 0 radical (unpaired) electrons. The summed E-state index contributed by atoms with van der Waals surface area (Å²) < 4.78 is 63.5. The molecule has 1 spiro atoms. The minimum Gasteiger partial charge on any atom is -0.475 e. The molecule has 1 amide bonds. The number of aromatic nitrogens is 1. The monoisotopic (exact) mass is 572 g/mol. The average molecular weight is 573 g/mol. The summed E-state index contributed by atoms with van der Waals surface area (Å²) in [5, 5.41) is 14.2. The van der Waals surface area contributed by atoms with Crippen LogP contribution in [0.5, 0.6) is 0 Å². The molecule has 1 aromatic heterocycles. The van der Waals surface area contributed by atoms with Crippen LogP contribution in [0.15, 0.2) is 18.2 Å². The Kier molecular flexibility index (Phi) is 12.6. The van der Waals surface area contributed by atoms with Gasteiger partial charge in [0, 0.05) is 43.8 Å². The van der Waals surface area contributed by atoms with E-state index in [2.05, 4.69) is 45.9 Å². The molecule has 2 saturated heterocycles. The molecule has 0 saturated carbocycles. The molecular formula is C24H34F6N4O5. The molecule has 39 heavy (non-hydrogen) atoms. The molecule has 9 nitrogen and oxygen atoms in total. The van der Waals surface area contributed by atoms with Crippen molar-refractivity contribution in [3.05, 3.63) is 29.6 Å². The van der Waals surface area contributed by atoms with Crippen LogP contribution in [-0.4, -0.2) is 106 Å². The van der Waals surface area contributed by atoms with Crippen LogP contribution in [0.1, 0.15) is 43.5 Å². The summed E-state index contributed by atoms with van der Waals surface area (Å²) in [4.78, 5) is 41.8. The number of halogens is 6. The van der Waals surface area contributed by atoms with E-state index in [-0.39, 0.29) is 5.54 Å². The average Bonchev–Trinajstić information content (AvgIpc) is 2.96. The van der Waals surface area contributed by atoms with E-state index in [0.717, 1.165) is 76.2 Å². The normalized spacial score (nSPS) is 20.2. The zero-order valence-corrected chi connectivity index (χ0v) is 22.0. The number of carbonyl (C=O) groups is 3. The fourth-order valence-corrected chi connectivity index (χ4v) is 4.37. The third-order valence-corrected chi connectivity index (χ3v) is 6.28. The minimum atomic E-state index is -5.08. The number of hydrogen-bond donors (Lipinski definition) is 2. The lowest BCUT2D eigenvalue weighted by Gasteiger charge is -2.39. The van der Waals surface area contributed by atoms with Gasteiger partial charge in [-0.25, -0.2) is 9.59 Å². The molecule has 3 rings (SSSR count). The maximum absolute atomic E-state index is 12.5. The van der Waals surface area contributed by atoms with E-state index in [1.165, 1.54) is 0 Å². The minimum absolute atomic E-state index is 0.0991. The molecule has 2 N–H and O–H groups in total. The van der Waals surface area contributed by atoms with Gasteiger partial charge in [-0.2, -0.15) is 26.3 Å². The van der Waals surface area contributed by atoms with Crippen molar-refractivity contribution in [2.75, 3.05) is 40.3 Å². The van der Waals surface area contributed by atoms with Gasteiger partial charge in [0.15, 0.2) is 0 Å². The number of alkyl halides is 6. The highest BCUT2D eigenvalue weighted by Gasteiger charge is 2.45. The first kappa shape index (κ1) is 34.1. The third-order valence-electron chi connectivity index (χ3n) is 6.28. The number of likely N-dealkylation sites (tertiary alicyclic amines) is 2. The number of carboxylic acids is 2. The van der Waals surface area contributed by atoms with Crippen molar-refractivity contribution in [1.82, 2.24) is 19.7 Å². The Morgan fingerprint density at radius 2 is 1.56 bits per heavy atom. The van der Waals surface area contributed by atoms with Crippen molar-refractivity contribution in [3.8, 4) is 0 Å². The Labute approximate surface area is 222 Å². The summed E-state index contributed by atoms with van der Waals surface area (Å²) in [5.41, 5.74) is 2.34. The molecule has 3 heterocycles. The van der Waals surface area contributed by atoms with Crippen LogP contribution in [0.2, 0.25) is 0 Å². The second-order valence-electron chi connectivity index (χ2n) is 9.58. The molecule has 0 aliphatic carbocycles. The predicted molar refractivity (Wildman–Crippen MR) is 128 cm³/mol. The summed E-state index contributed by atoms with van der Waals surface area (Å²) >= 11 is 0. The predicted octanol–water partition coefficient (Wildman–Crippen LogP) is 3.57. The Morgan fingerprint density at radius 1 is 1.00 bits per heavy atom. The van der Waals surface area contributed by atoms with Gasteiger partial charge in [0.05, 0.1) is 5.69 Å². The summed E-state index contributed by atoms with van der Waals surface area (Å²) in [7, 11) is 4.16. The summed E-state index contributed by atoms with van der Waals surface area (Å²) in [6.07, 6.45) is -5.00. The molecule has 0 aromatic carbocycles. The highest BCUT2D eigenvalue weighted by atomic mass is 19.4. The van der Waals surface area contributed by atoms with E-state index in [4.69, 9.17) is 19.8 Å². The molecular weight excluding hydrogens is 538 g/mol. The highest BCUT2D eigenvalue weighted by Crippen LogP contribution is 2.39. The van der Waals surface area contributed by atoms with E-state index in [1.54, 1.807) is 0 Å². The lowest BCUT2D eigenvalue weighted by molar-refractivity contribution is -0.193. The number of carbonyl (C=O) groups excluding carboxylic acids is 1. The quantitative estimate of drug-likeness (QED) is 0.515. The van der Waals surface area contributed by atoms with Gasteiger partial charge in [-0.3, -0.25) is 14.7 Å². The van der Waals surface area contributed by atoms with Gasteiger partial charge in [0.1, 0.15) is 0 Å². The van der Waals surface area contributed by atoms with Gasteiger partial charge in [0.2, 0.25) is 5.91 Å². The number of likely N-dealkylation sites (N-methyl/N-ethyl adjacent to an activating group) is 1. The number of hydrogen-bond acceptors (Lipinski definition) is 6. The topological polar surface area (TPSA) is 114 Å². The van der Waals surface area contributed by atoms with Gasteiger partial charge in [-0.15, -0.1) is 0 Å². The number of nitrogens with zero attached hydrogens (tertiary/aromatic N) is 4. The smallest absolute Gasteiger partial charge is 0.475 e. The van der Waals surface area contributed by atoms with Crippen LogP contribution in [0.4, 0.5) is 26.3 Å². The SMILES string of the molecule is Cc1cccc(CN2CCCC3(CCC(=O)N3CCN(C)C)CC2)n1.O=C(O)C(F)(F)F.O=C(O)C(F)(F)F. The fraction of sp³-hybridized carbons (Fsp3) is 0.667. The Hall–Kier alpha value is -2.94. The zero-order chi connectivity index (χ0) is 30.0. The number of pyridine rings is 1. The highest BCUT2D eigenvalue weighted by molar-refractivity contribution is 5.79.